The van der Waals surface area contributed by atoms with Crippen LogP contribution in [0.2, 0.25) is 0 Å². The summed E-state index contributed by atoms with van der Waals surface area (Å²) in [5.74, 6) is 0. The third kappa shape index (κ3) is 8.28. The van der Waals surface area contributed by atoms with Gasteiger partial charge in [0.2, 0.25) is 0 Å². The number of nitrogens with zero attached hydrogens (tertiary/aromatic N) is 1. The molecule has 0 aliphatic carbocycles. The highest BCUT2D eigenvalue weighted by molar-refractivity contribution is 5.73. The Morgan fingerprint density at radius 1 is 1.22 bits per heavy atom. The molecule has 6 nitrogen and oxygen atoms in total. The minimum absolute atomic E-state index is 0.133. The van der Waals surface area contributed by atoms with Crippen LogP contribution in [0.25, 0.3) is 0 Å². The van der Waals surface area contributed by atoms with Gasteiger partial charge in [0, 0.05) is 32.8 Å². The fraction of sp³-hybridized carbons (Fsp3) is 0.667. The van der Waals surface area contributed by atoms with Crippen LogP contribution in [0.4, 0.5) is 4.79 Å². The molecule has 0 spiro atoms. The predicted molar refractivity (Wildman–Crippen MR) is 108 cm³/mol. The number of hydrogen-bond donors (Lipinski definition) is 2. The Bertz CT molecular complexity index is 543. The lowest BCUT2D eigenvalue weighted by Gasteiger charge is -2.20. The largest absolute Gasteiger partial charge is 0.379 e. The third-order valence-electron chi connectivity index (χ3n) is 4.92. The highest BCUT2D eigenvalue weighted by atomic mass is 16.5. The van der Waals surface area contributed by atoms with Gasteiger partial charge < -0.3 is 20.1 Å². The van der Waals surface area contributed by atoms with Crippen molar-refractivity contribution in [1.29, 1.82) is 0 Å². The predicted octanol–water partition coefficient (Wildman–Crippen LogP) is 2.91. The molecule has 1 aromatic carbocycles. The Morgan fingerprint density at radius 3 is 2.70 bits per heavy atom. The maximum Gasteiger partial charge on any atom is 0.315 e. The highest BCUT2D eigenvalue weighted by Crippen LogP contribution is 2.12. The number of urea groups is 1. The van der Waals surface area contributed by atoms with E-state index in [1.54, 1.807) is 0 Å². The zero-order valence-corrected chi connectivity index (χ0v) is 16.8. The first-order valence-electron chi connectivity index (χ1n) is 10.2. The summed E-state index contributed by atoms with van der Waals surface area (Å²) in [5, 5.41) is 5.85. The van der Waals surface area contributed by atoms with E-state index in [-0.39, 0.29) is 12.1 Å². The number of amides is 2. The van der Waals surface area contributed by atoms with Crippen LogP contribution in [0, 0.1) is 0 Å². The van der Waals surface area contributed by atoms with Crippen LogP contribution in [-0.2, 0) is 22.6 Å². The first-order valence-corrected chi connectivity index (χ1v) is 10.2. The van der Waals surface area contributed by atoms with Gasteiger partial charge in [-0.05, 0) is 43.5 Å². The van der Waals surface area contributed by atoms with Crippen LogP contribution in [0.1, 0.15) is 44.2 Å². The van der Waals surface area contributed by atoms with E-state index in [9.17, 15) is 4.79 Å². The standard InChI is InChI=1S/C21H35N3O3/c1-3-24(4-2)16-19-10-6-5-9-18(19)15-23-21(25)22-12-8-13-26-17-20-11-7-14-27-20/h5-6,9-10,20H,3-4,7-8,11-17H2,1-2H3,(H2,22,23,25). The Balaban J connectivity index is 1.60. The van der Waals surface area contributed by atoms with Crippen LogP contribution in [0.3, 0.4) is 0 Å². The van der Waals surface area contributed by atoms with Gasteiger partial charge in [0.1, 0.15) is 0 Å². The normalized spacial score (nSPS) is 16.6. The van der Waals surface area contributed by atoms with Crippen LogP contribution >= 0.6 is 0 Å². The second-order valence-electron chi connectivity index (χ2n) is 6.90. The molecule has 0 bridgehead atoms. The van der Waals surface area contributed by atoms with Gasteiger partial charge >= 0.3 is 6.03 Å². The van der Waals surface area contributed by atoms with Crippen LogP contribution in [0.15, 0.2) is 24.3 Å². The summed E-state index contributed by atoms with van der Waals surface area (Å²) in [4.78, 5) is 14.4. The first-order chi connectivity index (χ1) is 13.2. The van der Waals surface area contributed by atoms with Gasteiger partial charge in [0.15, 0.2) is 0 Å². The van der Waals surface area contributed by atoms with E-state index < -0.39 is 0 Å². The van der Waals surface area contributed by atoms with Gasteiger partial charge in [-0.3, -0.25) is 4.90 Å². The molecule has 27 heavy (non-hydrogen) atoms. The van der Waals surface area contributed by atoms with Crippen LogP contribution in [-0.4, -0.2) is 56.5 Å². The molecule has 1 atom stereocenters. The summed E-state index contributed by atoms with van der Waals surface area (Å²) in [6.45, 7) is 10.6. The maximum atomic E-state index is 12.0. The smallest absolute Gasteiger partial charge is 0.315 e. The number of benzene rings is 1. The van der Waals surface area contributed by atoms with Gasteiger partial charge in [-0.25, -0.2) is 4.79 Å². The van der Waals surface area contributed by atoms with Crippen molar-refractivity contribution in [2.24, 2.45) is 0 Å². The maximum absolute atomic E-state index is 12.0. The van der Waals surface area contributed by atoms with Crippen molar-refractivity contribution < 1.29 is 14.3 Å². The number of carbonyl (C=O) groups excluding carboxylic acids is 1. The van der Waals surface area contributed by atoms with Crippen molar-refractivity contribution in [1.82, 2.24) is 15.5 Å². The molecule has 1 aliphatic rings. The summed E-state index contributed by atoms with van der Waals surface area (Å²) in [7, 11) is 0. The Labute approximate surface area is 163 Å². The van der Waals surface area contributed by atoms with Gasteiger partial charge in [-0.1, -0.05) is 38.1 Å². The lowest BCUT2D eigenvalue weighted by atomic mass is 10.1. The van der Waals surface area contributed by atoms with Crippen molar-refractivity contribution in [3.8, 4) is 0 Å². The molecule has 0 aromatic heterocycles. The van der Waals surface area contributed by atoms with Crippen molar-refractivity contribution in [2.75, 3.05) is 39.5 Å². The second-order valence-corrected chi connectivity index (χ2v) is 6.90. The minimum Gasteiger partial charge on any atom is -0.379 e. The molecule has 1 aliphatic heterocycles. The Kier molecular flexibility index (Phi) is 10.2. The van der Waals surface area contributed by atoms with E-state index in [1.165, 1.54) is 11.1 Å². The number of carbonyl (C=O) groups is 1. The topological polar surface area (TPSA) is 62.8 Å². The molecule has 1 aromatic rings. The molecule has 0 saturated carbocycles. The van der Waals surface area contributed by atoms with E-state index in [0.29, 0.717) is 26.3 Å². The zero-order chi connectivity index (χ0) is 19.3. The molecule has 1 heterocycles. The summed E-state index contributed by atoms with van der Waals surface area (Å²) < 4.78 is 11.1. The van der Waals surface area contributed by atoms with Crippen LogP contribution in [0.5, 0.6) is 0 Å². The third-order valence-corrected chi connectivity index (χ3v) is 4.92. The molecule has 2 rings (SSSR count). The molecule has 1 saturated heterocycles. The van der Waals surface area contributed by atoms with E-state index in [4.69, 9.17) is 9.47 Å². The fourth-order valence-corrected chi connectivity index (χ4v) is 3.18. The number of rotatable bonds is 12. The van der Waals surface area contributed by atoms with E-state index >= 15 is 0 Å². The average Bonchev–Trinajstić information content (AvgIpc) is 3.21. The van der Waals surface area contributed by atoms with Crippen molar-refractivity contribution >= 4 is 6.03 Å². The van der Waals surface area contributed by atoms with Gasteiger partial charge in [-0.15, -0.1) is 0 Å². The van der Waals surface area contributed by atoms with E-state index in [1.807, 2.05) is 6.07 Å². The number of ether oxygens (including phenoxy) is 2. The molecular weight excluding hydrogens is 342 g/mol. The van der Waals surface area contributed by atoms with Gasteiger partial charge in [0.05, 0.1) is 12.7 Å². The molecule has 0 radical (unpaired) electrons. The van der Waals surface area contributed by atoms with E-state index in [2.05, 4.69) is 47.6 Å². The lowest BCUT2D eigenvalue weighted by Crippen LogP contribution is -2.36. The number of hydrogen-bond acceptors (Lipinski definition) is 4. The summed E-state index contributed by atoms with van der Waals surface area (Å²) in [6, 6.07) is 8.16. The molecule has 1 unspecified atom stereocenters. The first kappa shape index (κ1) is 21.7. The average molecular weight is 378 g/mol. The van der Waals surface area contributed by atoms with Crippen molar-refractivity contribution in [3.63, 3.8) is 0 Å². The lowest BCUT2D eigenvalue weighted by molar-refractivity contribution is 0.0168. The molecule has 2 amide bonds. The second kappa shape index (κ2) is 12.7. The number of nitrogens with one attached hydrogen (secondary N) is 2. The molecule has 6 heteroatoms. The van der Waals surface area contributed by atoms with Crippen molar-refractivity contribution in [2.45, 2.75) is 52.3 Å². The van der Waals surface area contributed by atoms with Gasteiger partial charge in [0.25, 0.3) is 0 Å². The Hall–Kier alpha value is -1.63. The molecule has 152 valence electrons. The molecule has 1 fully saturated rings. The zero-order valence-electron chi connectivity index (χ0n) is 16.8. The van der Waals surface area contributed by atoms with Crippen LogP contribution < -0.4 is 10.6 Å². The fourth-order valence-electron chi connectivity index (χ4n) is 3.18. The minimum atomic E-state index is -0.133. The quantitative estimate of drug-likeness (QED) is 0.550. The van der Waals surface area contributed by atoms with E-state index in [0.717, 1.165) is 45.5 Å². The molecular formula is C21H35N3O3. The van der Waals surface area contributed by atoms with Gasteiger partial charge in [-0.2, -0.15) is 0 Å². The highest BCUT2D eigenvalue weighted by Gasteiger charge is 2.15. The summed E-state index contributed by atoms with van der Waals surface area (Å²) >= 11 is 0. The Morgan fingerprint density at radius 2 is 2.00 bits per heavy atom. The van der Waals surface area contributed by atoms with Crippen molar-refractivity contribution in [3.05, 3.63) is 35.4 Å². The SMILES string of the molecule is CCN(CC)Cc1ccccc1CNC(=O)NCCCOCC1CCCO1. The molecule has 2 N–H and O–H groups in total. The monoisotopic (exact) mass is 377 g/mol. The summed E-state index contributed by atoms with van der Waals surface area (Å²) in [5.41, 5.74) is 2.43. The summed E-state index contributed by atoms with van der Waals surface area (Å²) in [6.07, 6.45) is 3.29.